The summed E-state index contributed by atoms with van der Waals surface area (Å²) in [5.41, 5.74) is 0.753. The third-order valence-corrected chi connectivity index (χ3v) is 5.14. The molecule has 1 aromatic heterocycles. The normalized spacial score (nSPS) is 16.5. The summed E-state index contributed by atoms with van der Waals surface area (Å²) in [4.78, 5) is 3.55. The molecule has 1 aliphatic heterocycles. The molecule has 0 bridgehead atoms. The van der Waals surface area contributed by atoms with Crippen LogP contribution in [0, 0.1) is 5.82 Å². The van der Waals surface area contributed by atoms with Crippen molar-refractivity contribution < 1.29 is 4.39 Å². The minimum absolute atomic E-state index is 0. The van der Waals surface area contributed by atoms with E-state index in [1.165, 1.54) is 4.88 Å². The third-order valence-electron chi connectivity index (χ3n) is 3.61. The number of hydrogen-bond donors (Lipinski definition) is 1. The van der Waals surface area contributed by atoms with Crippen LogP contribution in [-0.2, 0) is 0 Å². The molecule has 7 heteroatoms. The molecule has 0 aliphatic carbocycles. The van der Waals surface area contributed by atoms with Gasteiger partial charge >= 0.3 is 0 Å². The highest BCUT2D eigenvalue weighted by Crippen LogP contribution is 2.35. The van der Waals surface area contributed by atoms with Crippen molar-refractivity contribution in [2.75, 3.05) is 26.2 Å². The van der Waals surface area contributed by atoms with Crippen LogP contribution in [0.25, 0.3) is 0 Å². The summed E-state index contributed by atoms with van der Waals surface area (Å²) >= 11 is 4.99. The van der Waals surface area contributed by atoms with Gasteiger partial charge in [-0.05, 0) is 33.4 Å². The topological polar surface area (TPSA) is 15.3 Å². The smallest absolute Gasteiger partial charge is 0.142 e. The first-order valence-electron chi connectivity index (χ1n) is 6.69. The van der Waals surface area contributed by atoms with Crippen LogP contribution >= 0.6 is 52.1 Å². The highest BCUT2D eigenvalue weighted by atomic mass is 79.9. The molecular formula is C15H18BrCl2FN2S. The van der Waals surface area contributed by atoms with Crippen LogP contribution < -0.4 is 5.32 Å². The van der Waals surface area contributed by atoms with Gasteiger partial charge in [0.2, 0.25) is 0 Å². The maximum Gasteiger partial charge on any atom is 0.142 e. The monoisotopic (exact) mass is 426 g/mol. The van der Waals surface area contributed by atoms with E-state index in [0.717, 1.165) is 31.7 Å². The van der Waals surface area contributed by atoms with Crippen LogP contribution in [0.4, 0.5) is 4.39 Å². The van der Waals surface area contributed by atoms with Crippen LogP contribution in [0.15, 0.2) is 40.2 Å². The van der Waals surface area contributed by atoms with E-state index < -0.39 is 0 Å². The lowest BCUT2D eigenvalue weighted by Gasteiger charge is -2.35. The summed E-state index contributed by atoms with van der Waals surface area (Å²) in [5.74, 6) is -0.149. The lowest BCUT2D eigenvalue weighted by atomic mass is 10.0. The molecule has 1 saturated heterocycles. The van der Waals surface area contributed by atoms with Crippen LogP contribution in [0.5, 0.6) is 0 Å². The van der Waals surface area contributed by atoms with Crippen molar-refractivity contribution in [3.05, 3.63) is 56.4 Å². The maximum absolute atomic E-state index is 14.5. The van der Waals surface area contributed by atoms with Crippen molar-refractivity contribution in [1.82, 2.24) is 10.2 Å². The van der Waals surface area contributed by atoms with E-state index in [1.54, 1.807) is 17.4 Å². The molecule has 0 radical (unpaired) electrons. The zero-order chi connectivity index (χ0) is 13.9. The minimum atomic E-state index is -0.149. The molecule has 0 spiro atoms. The molecule has 1 aromatic carbocycles. The molecule has 1 atom stereocenters. The Morgan fingerprint density at radius 1 is 1.14 bits per heavy atom. The number of benzene rings is 1. The van der Waals surface area contributed by atoms with Crippen molar-refractivity contribution in [1.29, 1.82) is 0 Å². The molecule has 1 aliphatic rings. The summed E-state index contributed by atoms with van der Waals surface area (Å²) in [6.07, 6.45) is 0. The van der Waals surface area contributed by atoms with E-state index in [4.69, 9.17) is 0 Å². The number of nitrogens with zero attached hydrogens (tertiary/aromatic N) is 1. The van der Waals surface area contributed by atoms with Gasteiger partial charge in [-0.15, -0.1) is 36.2 Å². The van der Waals surface area contributed by atoms with Crippen molar-refractivity contribution in [2.24, 2.45) is 0 Å². The van der Waals surface area contributed by atoms with Gasteiger partial charge in [0, 0.05) is 36.6 Å². The molecule has 1 fully saturated rings. The van der Waals surface area contributed by atoms with Crippen molar-refractivity contribution >= 4 is 52.1 Å². The van der Waals surface area contributed by atoms with Crippen LogP contribution in [0.2, 0.25) is 0 Å². The number of hydrogen-bond acceptors (Lipinski definition) is 3. The van der Waals surface area contributed by atoms with Crippen molar-refractivity contribution in [2.45, 2.75) is 6.04 Å². The van der Waals surface area contributed by atoms with Crippen molar-refractivity contribution in [3.63, 3.8) is 0 Å². The zero-order valence-electron chi connectivity index (χ0n) is 11.8. The average molecular weight is 428 g/mol. The van der Waals surface area contributed by atoms with E-state index in [1.807, 2.05) is 18.2 Å². The molecule has 2 aromatic rings. The number of thiophene rings is 1. The Balaban J connectivity index is 0.00000121. The average Bonchev–Trinajstić information content (AvgIpc) is 2.99. The molecule has 0 saturated carbocycles. The van der Waals surface area contributed by atoms with Crippen LogP contribution in [-0.4, -0.2) is 31.1 Å². The Kier molecular flexibility index (Phi) is 8.32. The predicted octanol–water partition coefficient (Wildman–Crippen LogP) is 4.49. The molecule has 3 rings (SSSR count). The van der Waals surface area contributed by atoms with Gasteiger partial charge in [-0.1, -0.05) is 18.2 Å². The Hall–Kier alpha value is -0.170. The fourth-order valence-corrected chi connectivity index (χ4v) is 3.91. The Morgan fingerprint density at radius 2 is 1.86 bits per heavy atom. The lowest BCUT2D eigenvalue weighted by molar-refractivity contribution is 0.197. The Bertz CT molecular complexity index is 577. The second-order valence-corrected chi connectivity index (χ2v) is 6.68. The van der Waals surface area contributed by atoms with Gasteiger partial charge < -0.3 is 5.32 Å². The highest BCUT2D eigenvalue weighted by Gasteiger charge is 2.27. The molecule has 22 heavy (non-hydrogen) atoms. The van der Waals surface area contributed by atoms with Gasteiger partial charge in [0.1, 0.15) is 5.82 Å². The summed E-state index contributed by atoms with van der Waals surface area (Å²) in [7, 11) is 0. The second-order valence-electron chi connectivity index (χ2n) is 4.85. The van der Waals surface area contributed by atoms with E-state index in [9.17, 15) is 4.39 Å². The van der Waals surface area contributed by atoms with Gasteiger partial charge in [-0.3, -0.25) is 4.90 Å². The lowest BCUT2D eigenvalue weighted by Crippen LogP contribution is -2.45. The quantitative estimate of drug-likeness (QED) is 0.776. The molecule has 2 heterocycles. The van der Waals surface area contributed by atoms with E-state index >= 15 is 0 Å². The van der Waals surface area contributed by atoms with Gasteiger partial charge in [0.15, 0.2) is 0 Å². The minimum Gasteiger partial charge on any atom is -0.314 e. The number of rotatable bonds is 3. The number of halogens is 4. The maximum atomic E-state index is 14.5. The largest absolute Gasteiger partial charge is 0.314 e. The fraction of sp³-hybridized carbons (Fsp3) is 0.333. The molecular weight excluding hydrogens is 410 g/mol. The highest BCUT2D eigenvalue weighted by molar-refractivity contribution is 9.10. The first kappa shape index (κ1) is 19.9. The summed E-state index contributed by atoms with van der Waals surface area (Å²) in [6.45, 7) is 3.79. The fourth-order valence-electron chi connectivity index (χ4n) is 2.65. The summed E-state index contributed by atoms with van der Waals surface area (Å²) < 4.78 is 15.0. The van der Waals surface area contributed by atoms with Gasteiger partial charge in [-0.25, -0.2) is 4.39 Å². The summed E-state index contributed by atoms with van der Waals surface area (Å²) in [6, 6.07) is 9.69. The second kappa shape index (κ2) is 9.21. The molecule has 1 N–H and O–H groups in total. The van der Waals surface area contributed by atoms with E-state index in [0.29, 0.717) is 4.47 Å². The molecule has 122 valence electrons. The van der Waals surface area contributed by atoms with Gasteiger partial charge in [-0.2, -0.15) is 0 Å². The van der Waals surface area contributed by atoms with Crippen LogP contribution in [0.3, 0.4) is 0 Å². The predicted molar refractivity (Wildman–Crippen MR) is 99.2 cm³/mol. The number of piperazine rings is 1. The van der Waals surface area contributed by atoms with Crippen LogP contribution in [0.1, 0.15) is 16.5 Å². The van der Waals surface area contributed by atoms with Gasteiger partial charge in [0.25, 0.3) is 0 Å². The molecule has 0 unspecified atom stereocenters. The van der Waals surface area contributed by atoms with Gasteiger partial charge in [0.05, 0.1) is 10.5 Å². The zero-order valence-corrected chi connectivity index (χ0v) is 15.8. The number of nitrogens with one attached hydrogen (secondary N) is 1. The first-order chi connectivity index (χ1) is 9.77. The molecule has 0 amide bonds. The standard InChI is InChI=1S/C15H16BrFN2S.2ClH/c16-12-4-1-3-11(14(12)17)15(13-5-2-10-20-13)19-8-6-18-7-9-19;;/h1-5,10,15,18H,6-9H2;2*1H/t15-;;/m1../s1. The Morgan fingerprint density at radius 3 is 2.50 bits per heavy atom. The van der Waals surface area contributed by atoms with E-state index in [2.05, 4.69) is 37.6 Å². The SMILES string of the molecule is Cl.Cl.Fc1c(Br)cccc1[C@H](c1cccs1)N1CCNCC1. The first-order valence-corrected chi connectivity index (χ1v) is 8.36. The Labute approximate surface area is 155 Å². The van der Waals surface area contributed by atoms with Crippen molar-refractivity contribution in [3.8, 4) is 0 Å². The summed E-state index contributed by atoms with van der Waals surface area (Å²) in [5, 5.41) is 5.41. The third kappa shape index (κ3) is 4.22. The van der Waals surface area contributed by atoms with E-state index in [-0.39, 0.29) is 36.7 Å². The molecule has 2 nitrogen and oxygen atoms in total.